The first-order chi connectivity index (χ1) is 13.1. The second-order valence-electron chi connectivity index (χ2n) is 6.91. The van der Waals surface area contributed by atoms with E-state index in [0.29, 0.717) is 12.3 Å². The lowest BCUT2D eigenvalue weighted by molar-refractivity contribution is -0.141. The number of halogens is 4. The van der Waals surface area contributed by atoms with Crippen molar-refractivity contribution in [2.75, 3.05) is 0 Å². The molecule has 1 aromatic carbocycles. The minimum Gasteiger partial charge on any atom is -0.348 e. The molecule has 2 aromatic rings. The predicted molar refractivity (Wildman–Crippen MR) is 103 cm³/mol. The van der Waals surface area contributed by atoms with Crippen molar-refractivity contribution in [2.45, 2.75) is 65.2 Å². The van der Waals surface area contributed by atoms with Crippen molar-refractivity contribution < 1.29 is 18.0 Å². The lowest BCUT2D eigenvalue weighted by Gasteiger charge is -2.19. The molecule has 0 fully saturated rings. The Hall–Kier alpha value is -2.02. The number of carbonyl (C=O) groups excluding carboxylic acids is 1. The van der Waals surface area contributed by atoms with Gasteiger partial charge in [0.05, 0.1) is 16.8 Å². The van der Waals surface area contributed by atoms with Gasteiger partial charge in [0.15, 0.2) is 5.69 Å². The summed E-state index contributed by atoms with van der Waals surface area (Å²) in [6.45, 7) is 7.29. The van der Waals surface area contributed by atoms with Crippen molar-refractivity contribution in [1.29, 1.82) is 0 Å². The van der Waals surface area contributed by atoms with Crippen molar-refractivity contribution in [2.24, 2.45) is 0 Å². The largest absolute Gasteiger partial charge is 0.436 e. The molecule has 0 bridgehead atoms. The Morgan fingerprint density at radius 3 is 2.21 bits per heavy atom. The Morgan fingerprint density at radius 1 is 1.18 bits per heavy atom. The van der Waals surface area contributed by atoms with Crippen LogP contribution < -0.4 is 5.32 Å². The van der Waals surface area contributed by atoms with Gasteiger partial charge in [-0.25, -0.2) is 0 Å². The smallest absolute Gasteiger partial charge is 0.348 e. The van der Waals surface area contributed by atoms with Gasteiger partial charge in [-0.1, -0.05) is 56.6 Å². The summed E-state index contributed by atoms with van der Waals surface area (Å²) in [4.78, 5) is 12.4. The Morgan fingerprint density at radius 2 is 1.75 bits per heavy atom. The van der Waals surface area contributed by atoms with E-state index in [1.807, 2.05) is 31.2 Å². The second-order valence-corrected chi connectivity index (χ2v) is 7.29. The highest BCUT2D eigenvalue weighted by Gasteiger charge is 2.38. The maximum Gasteiger partial charge on any atom is 0.436 e. The van der Waals surface area contributed by atoms with Crippen LogP contribution in [0.5, 0.6) is 0 Å². The molecule has 1 aromatic heterocycles. The molecule has 1 amide bonds. The van der Waals surface area contributed by atoms with Gasteiger partial charge in [0, 0.05) is 0 Å². The number of aromatic nitrogens is 2. The first-order valence-corrected chi connectivity index (χ1v) is 9.65. The van der Waals surface area contributed by atoms with E-state index in [9.17, 15) is 18.0 Å². The quantitative estimate of drug-likeness (QED) is 0.635. The molecular formula is C20H25ClF3N3O. The molecule has 2 unspecified atom stereocenters. The summed E-state index contributed by atoms with van der Waals surface area (Å²) in [7, 11) is 0. The molecule has 154 valence electrons. The van der Waals surface area contributed by atoms with Gasteiger partial charge in [0.2, 0.25) is 5.91 Å². The fraction of sp³-hybridized carbons (Fsp3) is 0.500. The molecule has 1 N–H and O–H groups in total. The monoisotopic (exact) mass is 415 g/mol. The third-order valence-corrected chi connectivity index (χ3v) is 5.41. The molecule has 0 spiro atoms. The lowest BCUT2D eigenvalue weighted by Crippen LogP contribution is -2.32. The first-order valence-electron chi connectivity index (χ1n) is 9.27. The summed E-state index contributed by atoms with van der Waals surface area (Å²) in [5.41, 5.74) is 1.12. The SMILES string of the molecule is CCC(C)c1ccc(C(CC)NC(=O)Cn2nc(C(F)(F)F)c(Cl)c2C)cc1. The summed E-state index contributed by atoms with van der Waals surface area (Å²) in [6.07, 6.45) is -2.97. The van der Waals surface area contributed by atoms with E-state index < -0.39 is 22.8 Å². The van der Waals surface area contributed by atoms with E-state index in [4.69, 9.17) is 11.6 Å². The summed E-state index contributed by atoms with van der Waals surface area (Å²) in [6, 6.07) is 7.82. The van der Waals surface area contributed by atoms with Crippen LogP contribution >= 0.6 is 11.6 Å². The summed E-state index contributed by atoms with van der Waals surface area (Å²) in [5.74, 6) is 0.0351. The minimum absolute atomic E-state index is 0.107. The molecule has 0 aliphatic rings. The number of rotatable bonds is 7. The van der Waals surface area contributed by atoms with Crippen LogP contribution in [0.4, 0.5) is 13.2 Å². The number of hydrogen-bond donors (Lipinski definition) is 1. The van der Waals surface area contributed by atoms with Crippen LogP contribution in [-0.2, 0) is 17.5 Å². The van der Waals surface area contributed by atoms with Crippen molar-refractivity contribution in [3.05, 3.63) is 51.8 Å². The molecule has 0 aliphatic carbocycles. The van der Waals surface area contributed by atoms with Gasteiger partial charge >= 0.3 is 6.18 Å². The van der Waals surface area contributed by atoms with Crippen LogP contribution in [0.1, 0.15) is 68.1 Å². The molecule has 0 radical (unpaired) electrons. The molecule has 2 rings (SSSR count). The number of amides is 1. The topological polar surface area (TPSA) is 46.9 Å². The van der Waals surface area contributed by atoms with Gasteiger partial charge in [-0.05, 0) is 36.8 Å². The van der Waals surface area contributed by atoms with E-state index >= 15 is 0 Å². The van der Waals surface area contributed by atoms with Crippen molar-refractivity contribution in [3.8, 4) is 0 Å². The first kappa shape index (κ1) is 22.3. The molecule has 28 heavy (non-hydrogen) atoms. The Bertz CT molecular complexity index is 815. The fourth-order valence-electron chi connectivity index (χ4n) is 2.95. The summed E-state index contributed by atoms with van der Waals surface area (Å²) < 4.78 is 39.7. The molecular weight excluding hydrogens is 391 g/mol. The van der Waals surface area contributed by atoms with Crippen LogP contribution in [-0.4, -0.2) is 15.7 Å². The Kier molecular flexibility index (Phi) is 7.15. The van der Waals surface area contributed by atoms with Crippen LogP contribution in [0, 0.1) is 6.92 Å². The van der Waals surface area contributed by atoms with Gasteiger partial charge in [0.1, 0.15) is 6.54 Å². The molecule has 1 heterocycles. The molecule has 0 saturated heterocycles. The number of nitrogens with zero attached hydrogens (tertiary/aromatic N) is 2. The lowest BCUT2D eigenvalue weighted by atomic mass is 9.95. The van der Waals surface area contributed by atoms with Crippen molar-refractivity contribution in [1.82, 2.24) is 15.1 Å². The van der Waals surface area contributed by atoms with Gasteiger partial charge in [-0.3, -0.25) is 9.48 Å². The number of carbonyl (C=O) groups is 1. The zero-order valence-corrected chi connectivity index (χ0v) is 17.2. The van der Waals surface area contributed by atoms with Crippen LogP contribution in [0.3, 0.4) is 0 Å². The average Bonchev–Trinajstić information content (AvgIpc) is 2.94. The van der Waals surface area contributed by atoms with Gasteiger partial charge in [0.25, 0.3) is 0 Å². The third kappa shape index (κ3) is 5.07. The Balaban J connectivity index is 2.11. The van der Waals surface area contributed by atoms with Crippen LogP contribution in [0.15, 0.2) is 24.3 Å². The number of nitrogens with one attached hydrogen (secondary N) is 1. The van der Waals surface area contributed by atoms with Gasteiger partial charge in [-0.15, -0.1) is 0 Å². The standard InChI is InChI=1S/C20H25ClF3N3O/c1-5-12(3)14-7-9-15(10-8-14)16(6-2)25-17(28)11-27-13(4)18(21)19(26-27)20(22,23)24/h7-10,12,16H,5-6,11H2,1-4H3,(H,25,28). The zero-order valence-electron chi connectivity index (χ0n) is 16.4. The van der Waals surface area contributed by atoms with E-state index in [-0.39, 0.29) is 18.3 Å². The van der Waals surface area contributed by atoms with E-state index in [1.165, 1.54) is 12.5 Å². The normalized spacial score (nSPS) is 14.0. The second kappa shape index (κ2) is 8.99. The highest BCUT2D eigenvalue weighted by Crippen LogP contribution is 2.35. The highest BCUT2D eigenvalue weighted by atomic mass is 35.5. The van der Waals surface area contributed by atoms with E-state index in [1.54, 1.807) is 0 Å². The maximum atomic E-state index is 12.9. The van der Waals surface area contributed by atoms with Gasteiger partial charge < -0.3 is 5.32 Å². The predicted octanol–water partition coefficient (Wildman–Crippen LogP) is 5.64. The molecule has 0 aliphatic heterocycles. The fourth-order valence-corrected chi connectivity index (χ4v) is 3.19. The summed E-state index contributed by atoms with van der Waals surface area (Å²) >= 11 is 5.73. The third-order valence-electron chi connectivity index (χ3n) is 4.96. The molecule has 2 atom stereocenters. The van der Waals surface area contributed by atoms with Gasteiger partial charge in [-0.2, -0.15) is 18.3 Å². The Labute approximate surface area is 168 Å². The minimum atomic E-state index is -4.66. The number of benzene rings is 1. The van der Waals surface area contributed by atoms with Crippen molar-refractivity contribution in [3.63, 3.8) is 0 Å². The molecule has 0 saturated carbocycles. The van der Waals surface area contributed by atoms with E-state index in [0.717, 1.165) is 16.7 Å². The van der Waals surface area contributed by atoms with Crippen molar-refractivity contribution >= 4 is 17.5 Å². The van der Waals surface area contributed by atoms with Crippen LogP contribution in [0.2, 0.25) is 5.02 Å². The number of alkyl halides is 3. The van der Waals surface area contributed by atoms with E-state index in [2.05, 4.69) is 24.3 Å². The highest BCUT2D eigenvalue weighted by molar-refractivity contribution is 6.32. The molecule has 8 heteroatoms. The van der Waals surface area contributed by atoms with Crippen LogP contribution in [0.25, 0.3) is 0 Å². The molecule has 4 nitrogen and oxygen atoms in total. The zero-order chi connectivity index (χ0) is 21.1. The summed E-state index contributed by atoms with van der Waals surface area (Å²) in [5, 5.41) is 5.85. The maximum absolute atomic E-state index is 12.9. The average molecular weight is 416 g/mol. The number of hydrogen-bond acceptors (Lipinski definition) is 2.